The van der Waals surface area contributed by atoms with Crippen LogP contribution >= 0.6 is 0 Å². The molecule has 5 atom stereocenters. The van der Waals surface area contributed by atoms with Crippen molar-refractivity contribution in [2.75, 3.05) is 6.54 Å². The summed E-state index contributed by atoms with van der Waals surface area (Å²) >= 11 is 0. The van der Waals surface area contributed by atoms with E-state index in [4.69, 9.17) is 22.9 Å². The van der Waals surface area contributed by atoms with Crippen LogP contribution in [0, 0.1) is 0 Å². The summed E-state index contributed by atoms with van der Waals surface area (Å²) in [6, 6.07) is 0.0421. The molecule has 0 aliphatic heterocycles. The first-order chi connectivity index (χ1) is 23.4. The van der Waals surface area contributed by atoms with Crippen LogP contribution in [0.5, 0.6) is 0 Å². The smallest absolute Gasteiger partial charge is 0.326 e. The Labute approximate surface area is 284 Å². The third kappa shape index (κ3) is 16.6. The van der Waals surface area contributed by atoms with Crippen molar-refractivity contribution in [1.82, 2.24) is 26.6 Å². The maximum atomic E-state index is 13.5. The minimum absolute atomic E-state index is 0.116. The van der Waals surface area contributed by atoms with Crippen molar-refractivity contribution in [3.05, 3.63) is 35.9 Å². The van der Waals surface area contributed by atoms with Gasteiger partial charge in [0.1, 0.15) is 24.2 Å². The van der Waals surface area contributed by atoms with Crippen LogP contribution in [0.1, 0.15) is 44.1 Å². The number of nitrogens with one attached hydrogen (secondary N) is 5. The molecule has 0 spiro atoms. The van der Waals surface area contributed by atoms with Crippen molar-refractivity contribution < 1.29 is 58.2 Å². The summed E-state index contributed by atoms with van der Waals surface area (Å²) < 4.78 is 0. The second-order valence-corrected chi connectivity index (χ2v) is 10.9. The van der Waals surface area contributed by atoms with Crippen molar-refractivity contribution in [3.63, 3.8) is 0 Å². The van der Waals surface area contributed by atoms with Crippen LogP contribution in [0.4, 0.5) is 0 Å². The number of primary amides is 3. The lowest BCUT2D eigenvalue weighted by molar-refractivity contribution is -0.142. The number of carboxylic acid groups (broad SMARTS) is 2. The number of hydrogen-bond donors (Lipinski definition) is 11. The number of rotatable bonds is 23. The molecule has 0 saturated carbocycles. The molecule has 0 bridgehead atoms. The van der Waals surface area contributed by atoms with Gasteiger partial charge in [-0.15, -0.1) is 0 Å². The molecule has 0 fully saturated rings. The Hall–Kier alpha value is -6.12. The van der Waals surface area contributed by atoms with Crippen molar-refractivity contribution >= 4 is 59.2 Å². The molecule has 21 nitrogen and oxygen atoms in total. The number of nitrogens with two attached hydrogens (primary N) is 4. The Morgan fingerprint density at radius 1 is 0.600 bits per heavy atom. The Kier molecular flexibility index (Phi) is 17.6. The van der Waals surface area contributed by atoms with Gasteiger partial charge in [-0.1, -0.05) is 30.3 Å². The third-order valence-corrected chi connectivity index (χ3v) is 6.74. The number of hydrogen-bond acceptors (Lipinski definition) is 11. The molecule has 0 aliphatic rings. The van der Waals surface area contributed by atoms with Gasteiger partial charge in [-0.05, 0) is 18.4 Å². The molecular weight excluding hydrogens is 666 g/mol. The number of carbonyl (C=O) groups excluding carboxylic acids is 8. The lowest BCUT2D eigenvalue weighted by Crippen LogP contribution is -2.59. The van der Waals surface area contributed by atoms with Crippen LogP contribution in [0.15, 0.2) is 30.3 Å². The van der Waals surface area contributed by atoms with Gasteiger partial charge in [0.15, 0.2) is 0 Å². The Morgan fingerprint density at radius 2 is 1.10 bits per heavy atom. The number of amides is 8. The molecule has 0 aliphatic carbocycles. The largest absolute Gasteiger partial charge is 0.481 e. The van der Waals surface area contributed by atoms with Crippen LogP contribution in [-0.4, -0.2) is 106 Å². The molecule has 274 valence electrons. The molecule has 1 aromatic rings. The lowest BCUT2D eigenvalue weighted by Gasteiger charge is -2.25. The van der Waals surface area contributed by atoms with Gasteiger partial charge < -0.3 is 59.7 Å². The van der Waals surface area contributed by atoms with Crippen molar-refractivity contribution in [2.24, 2.45) is 22.9 Å². The number of benzene rings is 1. The van der Waals surface area contributed by atoms with Gasteiger partial charge in [0.2, 0.25) is 47.3 Å². The van der Waals surface area contributed by atoms with E-state index in [1.165, 1.54) is 0 Å². The van der Waals surface area contributed by atoms with Crippen LogP contribution in [-0.2, 0) is 54.4 Å². The highest BCUT2D eigenvalue weighted by molar-refractivity contribution is 5.98. The first-order valence-corrected chi connectivity index (χ1v) is 15.0. The summed E-state index contributed by atoms with van der Waals surface area (Å²) in [5, 5.41) is 29.7. The first kappa shape index (κ1) is 41.9. The SMILES string of the molecule is NC(=O)CC[C@H](NC(=O)[C@H](CC(N)=O)NC(=O)[C@H](Cc1ccccc1)NC(=O)[C@H](CC(=O)O)NC(=O)CNC(=O)[C@@H](N)CCC(N)=O)C(=O)O. The fourth-order valence-corrected chi connectivity index (χ4v) is 4.19. The first-order valence-electron chi connectivity index (χ1n) is 15.0. The van der Waals surface area contributed by atoms with Crippen LogP contribution in [0.2, 0.25) is 0 Å². The molecule has 50 heavy (non-hydrogen) atoms. The number of carboxylic acids is 2. The Bertz CT molecular complexity index is 1440. The molecule has 0 unspecified atom stereocenters. The highest BCUT2D eigenvalue weighted by Crippen LogP contribution is 2.07. The fraction of sp³-hybridized carbons (Fsp3) is 0.448. The summed E-state index contributed by atoms with van der Waals surface area (Å²) in [6.45, 7) is -0.749. The molecule has 1 aromatic carbocycles. The minimum atomic E-state index is -1.79. The molecule has 0 saturated heterocycles. The second-order valence-electron chi connectivity index (χ2n) is 10.9. The zero-order chi connectivity index (χ0) is 38.0. The number of aliphatic carboxylic acids is 2. The van der Waals surface area contributed by atoms with E-state index in [0.717, 1.165) is 0 Å². The molecule has 0 heterocycles. The van der Waals surface area contributed by atoms with Gasteiger partial charge in [0, 0.05) is 19.3 Å². The molecular formula is C29H41N9O12. The van der Waals surface area contributed by atoms with E-state index in [1.807, 2.05) is 0 Å². The van der Waals surface area contributed by atoms with Gasteiger partial charge in [0.05, 0.1) is 25.4 Å². The van der Waals surface area contributed by atoms with Gasteiger partial charge in [-0.3, -0.25) is 43.2 Å². The summed E-state index contributed by atoms with van der Waals surface area (Å²) in [5.74, 6) is -11.0. The van der Waals surface area contributed by atoms with Crippen molar-refractivity contribution in [3.8, 4) is 0 Å². The van der Waals surface area contributed by atoms with Crippen molar-refractivity contribution in [2.45, 2.75) is 75.2 Å². The summed E-state index contributed by atoms with van der Waals surface area (Å²) in [7, 11) is 0. The lowest BCUT2D eigenvalue weighted by atomic mass is 10.0. The highest BCUT2D eigenvalue weighted by Gasteiger charge is 2.33. The second kappa shape index (κ2) is 21.0. The van der Waals surface area contributed by atoms with Gasteiger partial charge in [-0.2, -0.15) is 0 Å². The predicted molar refractivity (Wildman–Crippen MR) is 169 cm³/mol. The molecule has 21 heteroatoms. The van der Waals surface area contributed by atoms with Crippen LogP contribution in [0.25, 0.3) is 0 Å². The van der Waals surface area contributed by atoms with E-state index < -0.39 is 122 Å². The third-order valence-electron chi connectivity index (χ3n) is 6.74. The maximum absolute atomic E-state index is 13.5. The average molecular weight is 708 g/mol. The monoisotopic (exact) mass is 707 g/mol. The topological polar surface area (TPSA) is 375 Å². The quantitative estimate of drug-likeness (QED) is 0.0506. The van der Waals surface area contributed by atoms with Gasteiger partial charge in [-0.25, -0.2) is 4.79 Å². The van der Waals surface area contributed by atoms with Crippen molar-refractivity contribution in [1.29, 1.82) is 0 Å². The maximum Gasteiger partial charge on any atom is 0.326 e. The number of carbonyl (C=O) groups is 10. The zero-order valence-electron chi connectivity index (χ0n) is 26.7. The average Bonchev–Trinajstić information content (AvgIpc) is 3.02. The standard InChI is InChI=1S/C29H41N9O12/c30-15(6-8-20(31)39)25(45)34-13-23(42)35-19(12-24(43)44)28(48)37-17(10-14-4-2-1-3-5-14)26(46)38-18(11-22(33)41)27(47)36-16(29(49)50)7-9-21(32)40/h1-5,15-19H,6-13,30H2,(H2,31,39)(H2,32,40)(H2,33,41)(H,34,45)(H,35,42)(H,36,47)(H,37,48)(H,38,46)(H,43,44)(H,49,50)/t15-,16-,17-,18-,19-/m0/s1. The predicted octanol–water partition coefficient (Wildman–Crippen LogP) is -5.42. The highest BCUT2D eigenvalue weighted by atomic mass is 16.4. The van der Waals surface area contributed by atoms with E-state index in [-0.39, 0.29) is 19.3 Å². The summed E-state index contributed by atoms with van der Waals surface area (Å²) in [6.07, 6.45) is -3.20. The van der Waals surface area contributed by atoms with Gasteiger partial charge in [0.25, 0.3) is 0 Å². The zero-order valence-corrected chi connectivity index (χ0v) is 26.7. The minimum Gasteiger partial charge on any atom is -0.481 e. The van der Waals surface area contributed by atoms with Crippen LogP contribution < -0.4 is 49.5 Å². The summed E-state index contributed by atoms with van der Waals surface area (Å²) in [5.41, 5.74) is 21.4. The molecule has 0 radical (unpaired) electrons. The van der Waals surface area contributed by atoms with E-state index in [2.05, 4.69) is 26.6 Å². The fourth-order valence-electron chi connectivity index (χ4n) is 4.19. The van der Waals surface area contributed by atoms with Gasteiger partial charge >= 0.3 is 11.9 Å². The molecule has 8 amide bonds. The summed E-state index contributed by atoms with van der Waals surface area (Å²) in [4.78, 5) is 121. The normalized spacial score (nSPS) is 13.5. The van der Waals surface area contributed by atoms with E-state index >= 15 is 0 Å². The van der Waals surface area contributed by atoms with E-state index in [0.29, 0.717) is 5.56 Å². The molecule has 15 N–H and O–H groups in total. The van der Waals surface area contributed by atoms with Crippen LogP contribution in [0.3, 0.4) is 0 Å². The Morgan fingerprint density at radius 3 is 1.62 bits per heavy atom. The van der Waals surface area contributed by atoms with E-state index in [1.54, 1.807) is 30.3 Å². The Balaban J connectivity index is 3.19. The molecule has 1 rings (SSSR count). The van der Waals surface area contributed by atoms with E-state index in [9.17, 15) is 58.2 Å². The molecule has 0 aromatic heterocycles.